The molecular weight excluding hydrogens is 298 g/mol. The SMILES string of the molecule is OC(CC1C2=C(CCCC2)c2cncn21)c1cc(F)ccc1F. The summed E-state index contributed by atoms with van der Waals surface area (Å²) >= 11 is 0. The summed E-state index contributed by atoms with van der Waals surface area (Å²) in [4.78, 5) is 4.21. The molecule has 120 valence electrons. The fraction of sp³-hybridized carbons (Fsp3) is 0.389. The molecule has 5 heteroatoms. The van der Waals surface area contributed by atoms with Gasteiger partial charge in [-0.3, -0.25) is 0 Å². The van der Waals surface area contributed by atoms with Crippen LogP contribution in [-0.4, -0.2) is 14.7 Å². The normalized spacial score (nSPS) is 21.3. The van der Waals surface area contributed by atoms with Crippen LogP contribution in [0.25, 0.3) is 5.57 Å². The molecule has 0 bridgehead atoms. The number of rotatable bonds is 3. The van der Waals surface area contributed by atoms with Crippen LogP contribution >= 0.6 is 0 Å². The van der Waals surface area contributed by atoms with E-state index in [-0.39, 0.29) is 11.6 Å². The van der Waals surface area contributed by atoms with Crippen LogP contribution in [0.2, 0.25) is 0 Å². The minimum Gasteiger partial charge on any atom is -0.388 e. The number of nitrogens with zero attached hydrogens (tertiary/aromatic N) is 2. The van der Waals surface area contributed by atoms with Gasteiger partial charge in [0.1, 0.15) is 11.6 Å². The summed E-state index contributed by atoms with van der Waals surface area (Å²) in [5.74, 6) is -1.10. The Hall–Kier alpha value is -2.01. The van der Waals surface area contributed by atoms with Gasteiger partial charge in [-0.1, -0.05) is 0 Å². The van der Waals surface area contributed by atoms with Gasteiger partial charge in [0.25, 0.3) is 0 Å². The Labute approximate surface area is 133 Å². The number of aliphatic hydroxyl groups excluding tert-OH is 1. The maximum Gasteiger partial charge on any atom is 0.129 e. The summed E-state index contributed by atoms with van der Waals surface area (Å²) in [6.45, 7) is 0. The summed E-state index contributed by atoms with van der Waals surface area (Å²) in [5, 5.41) is 10.5. The molecule has 1 aromatic heterocycles. The second-order valence-electron chi connectivity index (χ2n) is 6.33. The van der Waals surface area contributed by atoms with E-state index in [9.17, 15) is 13.9 Å². The van der Waals surface area contributed by atoms with Crippen molar-refractivity contribution in [1.29, 1.82) is 0 Å². The van der Waals surface area contributed by atoms with Gasteiger partial charge in [-0.15, -0.1) is 0 Å². The summed E-state index contributed by atoms with van der Waals surface area (Å²) in [7, 11) is 0. The molecular formula is C18H18F2N2O. The molecule has 0 radical (unpaired) electrons. The Morgan fingerprint density at radius 3 is 2.96 bits per heavy atom. The van der Waals surface area contributed by atoms with Crippen LogP contribution in [0.1, 0.15) is 55.5 Å². The molecule has 1 aromatic carbocycles. The number of hydrogen-bond donors (Lipinski definition) is 1. The predicted octanol–water partition coefficient (Wildman–Crippen LogP) is 4.17. The van der Waals surface area contributed by atoms with Crippen molar-refractivity contribution in [1.82, 2.24) is 9.55 Å². The molecule has 2 aromatic rings. The lowest BCUT2D eigenvalue weighted by Crippen LogP contribution is -2.13. The molecule has 1 N–H and O–H groups in total. The van der Waals surface area contributed by atoms with E-state index < -0.39 is 17.7 Å². The molecule has 3 nitrogen and oxygen atoms in total. The highest BCUT2D eigenvalue weighted by Gasteiger charge is 2.34. The monoisotopic (exact) mass is 316 g/mol. The number of aromatic nitrogens is 2. The zero-order chi connectivity index (χ0) is 16.0. The highest BCUT2D eigenvalue weighted by atomic mass is 19.1. The first-order valence-electron chi connectivity index (χ1n) is 8.02. The third kappa shape index (κ3) is 2.39. The molecule has 4 rings (SSSR count). The highest BCUT2D eigenvalue weighted by Crippen LogP contribution is 2.47. The number of fused-ring (bicyclic) bond motifs is 2. The minimum atomic E-state index is -1.04. The molecule has 0 fully saturated rings. The number of halogens is 2. The molecule has 1 aliphatic carbocycles. The van der Waals surface area contributed by atoms with Crippen LogP contribution in [0.5, 0.6) is 0 Å². The van der Waals surface area contributed by atoms with E-state index in [1.807, 2.05) is 6.20 Å². The molecule has 23 heavy (non-hydrogen) atoms. The van der Waals surface area contributed by atoms with Crippen molar-refractivity contribution in [3.63, 3.8) is 0 Å². The van der Waals surface area contributed by atoms with Gasteiger partial charge in [-0.25, -0.2) is 13.8 Å². The van der Waals surface area contributed by atoms with Crippen molar-refractivity contribution in [2.45, 2.75) is 44.2 Å². The molecule has 0 amide bonds. The van der Waals surface area contributed by atoms with Gasteiger partial charge < -0.3 is 9.67 Å². The van der Waals surface area contributed by atoms with Gasteiger partial charge in [-0.2, -0.15) is 0 Å². The Balaban J connectivity index is 1.66. The topological polar surface area (TPSA) is 38.1 Å². The molecule has 2 atom stereocenters. The van der Waals surface area contributed by atoms with Gasteiger partial charge in [-0.05, 0) is 55.0 Å². The molecule has 0 spiro atoms. The second-order valence-corrected chi connectivity index (χ2v) is 6.33. The predicted molar refractivity (Wildman–Crippen MR) is 82.6 cm³/mol. The van der Waals surface area contributed by atoms with Crippen molar-refractivity contribution in [2.75, 3.05) is 0 Å². The fourth-order valence-electron chi connectivity index (χ4n) is 3.91. The third-order valence-corrected chi connectivity index (χ3v) is 4.99. The zero-order valence-corrected chi connectivity index (χ0v) is 12.7. The van der Waals surface area contributed by atoms with E-state index in [4.69, 9.17) is 0 Å². The van der Waals surface area contributed by atoms with Crippen LogP contribution in [-0.2, 0) is 0 Å². The first-order chi connectivity index (χ1) is 11.1. The van der Waals surface area contributed by atoms with E-state index >= 15 is 0 Å². The van der Waals surface area contributed by atoms with Crippen molar-refractivity contribution >= 4 is 5.57 Å². The Kier molecular flexibility index (Phi) is 3.53. The van der Waals surface area contributed by atoms with E-state index in [0.29, 0.717) is 6.42 Å². The minimum absolute atomic E-state index is 0.0135. The van der Waals surface area contributed by atoms with Gasteiger partial charge in [0.2, 0.25) is 0 Å². The second kappa shape index (κ2) is 5.57. The standard InChI is InChI=1S/C18H18F2N2O/c19-11-5-6-15(20)14(7-11)18(23)8-16-12-3-1-2-4-13(12)17-9-21-10-22(16)17/h5-7,9-10,16,18,23H,1-4,8H2. The molecule has 0 saturated carbocycles. The van der Waals surface area contributed by atoms with Gasteiger partial charge in [0.05, 0.1) is 30.4 Å². The van der Waals surface area contributed by atoms with E-state index in [0.717, 1.165) is 49.6 Å². The highest BCUT2D eigenvalue weighted by molar-refractivity contribution is 5.71. The summed E-state index contributed by atoms with van der Waals surface area (Å²) in [5.41, 5.74) is 3.78. The lowest BCUT2D eigenvalue weighted by atomic mass is 9.86. The van der Waals surface area contributed by atoms with E-state index in [2.05, 4.69) is 9.55 Å². The number of allylic oxidation sites excluding steroid dienone is 2. The van der Waals surface area contributed by atoms with Crippen LogP contribution < -0.4 is 0 Å². The molecule has 2 unspecified atom stereocenters. The number of benzene rings is 1. The Morgan fingerprint density at radius 1 is 1.26 bits per heavy atom. The maximum atomic E-state index is 13.9. The van der Waals surface area contributed by atoms with Crippen molar-refractivity contribution in [3.05, 3.63) is 59.2 Å². The fourth-order valence-corrected chi connectivity index (χ4v) is 3.91. The van der Waals surface area contributed by atoms with E-state index in [1.54, 1.807) is 6.33 Å². The molecule has 2 aliphatic rings. The Morgan fingerprint density at radius 2 is 2.09 bits per heavy atom. The smallest absolute Gasteiger partial charge is 0.129 e. The zero-order valence-electron chi connectivity index (χ0n) is 12.7. The lowest BCUT2D eigenvalue weighted by Gasteiger charge is -2.23. The van der Waals surface area contributed by atoms with Gasteiger partial charge in [0.15, 0.2) is 0 Å². The number of hydrogen-bond acceptors (Lipinski definition) is 2. The van der Waals surface area contributed by atoms with Crippen molar-refractivity contribution < 1.29 is 13.9 Å². The van der Waals surface area contributed by atoms with Gasteiger partial charge >= 0.3 is 0 Å². The van der Waals surface area contributed by atoms with Crippen molar-refractivity contribution in [3.8, 4) is 0 Å². The van der Waals surface area contributed by atoms with Crippen LogP contribution in [0.4, 0.5) is 8.78 Å². The average molecular weight is 316 g/mol. The van der Waals surface area contributed by atoms with E-state index in [1.165, 1.54) is 11.1 Å². The van der Waals surface area contributed by atoms with Gasteiger partial charge in [0, 0.05) is 12.0 Å². The summed E-state index contributed by atoms with van der Waals surface area (Å²) < 4.78 is 29.3. The number of aliphatic hydroxyl groups is 1. The molecule has 1 aliphatic heterocycles. The summed E-state index contributed by atoms with van der Waals surface area (Å²) in [6.07, 6.45) is 7.25. The first-order valence-corrected chi connectivity index (χ1v) is 8.02. The quantitative estimate of drug-likeness (QED) is 0.923. The Bertz CT molecular complexity index is 781. The van der Waals surface area contributed by atoms with Crippen LogP contribution in [0, 0.1) is 11.6 Å². The summed E-state index contributed by atoms with van der Waals surface area (Å²) in [6, 6.07) is 3.20. The lowest BCUT2D eigenvalue weighted by molar-refractivity contribution is 0.147. The largest absolute Gasteiger partial charge is 0.388 e. The maximum absolute atomic E-state index is 13.9. The van der Waals surface area contributed by atoms with Crippen molar-refractivity contribution in [2.24, 2.45) is 0 Å². The average Bonchev–Trinajstić information content (AvgIpc) is 3.13. The molecule has 2 heterocycles. The molecule has 0 saturated heterocycles. The first kappa shape index (κ1) is 14.6. The van der Waals surface area contributed by atoms with Crippen LogP contribution in [0.3, 0.4) is 0 Å². The third-order valence-electron chi connectivity index (χ3n) is 4.99. The number of imidazole rings is 1. The van der Waals surface area contributed by atoms with Crippen LogP contribution in [0.15, 0.2) is 36.3 Å².